The Morgan fingerprint density at radius 2 is 1.76 bits per heavy atom. The van der Waals surface area contributed by atoms with Crippen LogP contribution < -0.4 is 5.32 Å². The summed E-state index contributed by atoms with van der Waals surface area (Å²) in [4.78, 5) is 0. The van der Waals surface area contributed by atoms with Gasteiger partial charge in [0.1, 0.15) is 0 Å². The van der Waals surface area contributed by atoms with E-state index in [2.05, 4.69) is 20.8 Å². The Labute approximate surface area is 141 Å². The molecular formula is C18H13F2N5. The molecule has 4 aromatic rings. The Kier molecular flexibility index (Phi) is 3.81. The molecule has 124 valence electrons. The summed E-state index contributed by atoms with van der Waals surface area (Å²) in [6.45, 7) is 0.371. The number of rotatable bonds is 4. The highest BCUT2D eigenvalue weighted by Gasteiger charge is 2.10. The van der Waals surface area contributed by atoms with Crippen molar-refractivity contribution in [1.29, 1.82) is 0 Å². The Bertz CT molecular complexity index is 1030. The molecule has 0 saturated carbocycles. The molecule has 0 bridgehead atoms. The summed E-state index contributed by atoms with van der Waals surface area (Å²) in [5.41, 5.74) is 3.93. The average molecular weight is 337 g/mol. The van der Waals surface area contributed by atoms with Gasteiger partial charge in [0, 0.05) is 35.6 Å². The van der Waals surface area contributed by atoms with Gasteiger partial charge in [0.25, 0.3) is 0 Å². The molecule has 2 heterocycles. The van der Waals surface area contributed by atoms with Crippen LogP contribution in [0.15, 0.2) is 60.8 Å². The van der Waals surface area contributed by atoms with Gasteiger partial charge in [-0.1, -0.05) is 30.3 Å². The van der Waals surface area contributed by atoms with Crippen LogP contribution in [0.1, 0.15) is 5.56 Å². The molecule has 7 heteroatoms. The van der Waals surface area contributed by atoms with Crippen molar-refractivity contribution in [2.75, 3.05) is 5.32 Å². The lowest BCUT2D eigenvalue weighted by molar-refractivity contribution is 0.509. The zero-order valence-electron chi connectivity index (χ0n) is 13.0. The van der Waals surface area contributed by atoms with Crippen molar-refractivity contribution in [3.63, 3.8) is 0 Å². The number of nitrogens with zero attached hydrogens (tertiary/aromatic N) is 4. The third-order valence-electron chi connectivity index (χ3n) is 3.88. The van der Waals surface area contributed by atoms with E-state index in [1.54, 1.807) is 4.52 Å². The molecule has 4 rings (SSSR count). The normalized spacial score (nSPS) is 11.0. The molecule has 2 aromatic heterocycles. The third-order valence-corrected chi connectivity index (χ3v) is 3.88. The van der Waals surface area contributed by atoms with Crippen LogP contribution in [0.4, 0.5) is 14.5 Å². The Balaban J connectivity index is 1.68. The van der Waals surface area contributed by atoms with Crippen LogP contribution in [0.5, 0.6) is 0 Å². The Morgan fingerprint density at radius 1 is 0.920 bits per heavy atom. The molecular weight excluding hydrogens is 324 g/mol. The molecule has 25 heavy (non-hydrogen) atoms. The zero-order valence-corrected chi connectivity index (χ0v) is 13.0. The van der Waals surface area contributed by atoms with Crippen LogP contribution >= 0.6 is 0 Å². The number of nitrogens with one attached hydrogen (secondary N) is 1. The molecule has 0 amide bonds. The van der Waals surface area contributed by atoms with Gasteiger partial charge in [0.05, 0.1) is 0 Å². The number of halogens is 2. The molecule has 0 fully saturated rings. The fourth-order valence-electron chi connectivity index (χ4n) is 2.64. The van der Waals surface area contributed by atoms with Gasteiger partial charge >= 0.3 is 0 Å². The fourth-order valence-corrected chi connectivity index (χ4v) is 2.64. The molecule has 0 aliphatic rings. The summed E-state index contributed by atoms with van der Waals surface area (Å²) < 4.78 is 28.0. The predicted molar refractivity (Wildman–Crippen MR) is 89.9 cm³/mol. The number of anilines is 1. The number of tetrazole rings is 1. The van der Waals surface area contributed by atoms with Crippen molar-refractivity contribution in [3.8, 4) is 11.1 Å². The molecule has 0 unspecified atom stereocenters. The monoisotopic (exact) mass is 337 g/mol. The minimum atomic E-state index is -0.891. The Morgan fingerprint density at radius 3 is 2.56 bits per heavy atom. The van der Waals surface area contributed by atoms with E-state index in [-0.39, 0.29) is 0 Å². The average Bonchev–Trinajstić information content (AvgIpc) is 3.12. The molecule has 0 atom stereocenters. The van der Waals surface area contributed by atoms with Crippen LogP contribution in [0.25, 0.3) is 16.8 Å². The third kappa shape index (κ3) is 3.03. The van der Waals surface area contributed by atoms with Crippen LogP contribution in [-0.4, -0.2) is 20.0 Å². The van der Waals surface area contributed by atoms with E-state index in [9.17, 15) is 8.78 Å². The van der Waals surface area contributed by atoms with Crippen molar-refractivity contribution in [3.05, 3.63) is 78.0 Å². The van der Waals surface area contributed by atoms with Gasteiger partial charge in [0.15, 0.2) is 17.3 Å². The maximum absolute atomic E-state index is 13.3. The molecule has 0 aliphatic carbocycles. The first-order chi connectivity index (χ1) is 12.2. The van der Waals surface area contributed by atoms with Gasteiger partial charge in [-0.2, -0.15) is 4.52 Å². The van der Waals surface area contributed by atoms with Crippen molar-refractivity contribution >= 4 is 11.3 Å². The molecule has 0 radical (unpaired) electrons. The van der Waals surface area contributed by atoms with Gasteiger partial charge in [-0.15, -0.1) is 5.10 Å². The standard InChI is InChI=1S/C18H13F2N5/c19-16-7-6-15(9-17(16)20)21-10-13-8-14(12-4-2-1-3-5-12)11-25-18(13)22-23-24-25/h1-9,11,21H,10H2. The Hall–Kier alpha value is -3.35. The summed E-state index contributed by atoms with van der Waals surface area (Å²) in [6.07, 6.45) is 1.85. The topological polar surface area (TPSA) is 55.1 Å². The molecule has 0 spiro atoms. The summed E-state index contributed by atoms with van der Waals surface area (Å²) >= 11 is 0. The summed E-state index contributed by atoms with van der Waals surface area (Å²) in [6, 6.07) is 15.5. The number of pyridine rings is 1. The SMILES string of the molecule is Fc1ccc(NCc2cc(-c3ccccc3)cn3nnnc23)cc1F. The van der Waals surface area contributed by atoms with Crippen LogP contribution in [0.3, 0.4) is 0 Å². The van der Waals surface area contributed by atoms with Gasteiger partial charge in [0.2, 0.25) is 0 Å². The second kappa shape index (κ2) is 6.27. The number of benzene rings is 2. The van der Waals surface area contributed by atoms with Crippen LogP contribution in [0.2, 0.25) is 0 Å². The summed E-state index contributed by atoms with van der Waals surface area (Å²) in [5, 5.41) is 14.8. The van der Waals surface area contributed by atoms with Gasteiger partial charge in [-0.05, 0) is 34.2 Å². The first kappa shape index (κ1) is 15.2. The van der Waals surface area contributed by atoms with Gasteiger partial charge < -0.3 is 5.32 Å². The lowest BCUT2D eigenvalue weighted by Crippen LogP contribution is -2.04. The molecule has 0 aliphatic heterocycles. The highest BCUT2D eigenvalue weighted by atomic mass is 19.2. The quantitative estimate of drug-likeness (QED) is 0.617. The maximum atomic E-state index is 13.3. The molecule has 5 nitrogen and oxygen atoms in total. The fraction of sp³-hybridized carbons (Fsp3) is 0.0556. The lowest BCUT2D eigenvalue weighted by atomic mass is 10.1. The van der Waals surface area contributed by atoms with Crippen molar-refractivity contribution in [2.45, 2.75) is 6.54 Å². The van der Waals surface area contributed by atoms with E-state index in [0.717, 1.165) is 28.8 Å². The van der Waals surface area contributed by atoms with E-state index in [1.165, 1.54) is 6.07 Å². The molecule has 2 aromatic carbocycles. The van der Waals surface area contributed by atoms with Crippen LogP contribution in [-0.2, 0) is 6.54 Å². The first-order valence-electron chi connectivity index (χ1n) is 7.66. The highest BCUT2D eigenvalue weighted by Crippen LogP contribution is 2.23. The van der Waals surface area contributed by atoms with Crippen molar-refractivity contribution in [1.82, 2.24) is 20.0 Å². The number of fused-ring (bicyclic) bond motifs is 1. The van der Waals surface area contributed by atoms with E-state index in [4.69, 9.17) is 0 Å². The van der Waals surface area contributed by atoms with Crippen molar-refractivity contribution in [2.24, 2.45) is 0 Å². The molecule has 1 N–H and O–H groups in total. The van der Waals surface area contributed by atoms with E-state index < -0.39 is 11.6 Å². The van der Waals surface area contributed by atoms with E-state index in [1.807, 2.05) is 42.6 Å². The largest absolute Gasteiger partial charge is 0.381 e. The summed E-state index contributed by atoms with van der Waals surface area (Å²) in [5.74, 6) is -1.77. The van der Waals surface area contributed by atoms with Crippen molar-refractivity contribution < 1.29 is 8.78 Å². The van der Waals surface area contributed by atoms with Crippen LogP contribution in [0, 0.1) is 11.6 Å². The predicted octanol–water partition coefficient (Wildman–Crippen LogP) is 3.68. The highest BCUT2D eigenvalue weighted by molar-refractivity contribution is 5.66. The number of hydrogen-bond donors (Lipinski definition) is 1. The second-order valence-corrected chi connectivity index (χ2v) is 5.55. The van der Waals surface area contributed by atoms with E-state index >= 15 is 0 Å². The lowest BCUT2D eigenvalue weighted by Gasteiger charge is -2.10. The maximum Gasteiger partial charge on any atom is 0.184 e. The van der Waals surface area contributed by atoms with Gasteiger partial charge in [-0.3, -0.25) is 0 Å². The van der Waals surface area contributed by atoms with Gasteiger partial charge in [-0.25, -0.2) is 8.78 Å². The smallest absolute Gasteiger partial charge is 0.184 e. The first-order valence-corrected chi connectivity index (χ1v) is 7.66. The van der Waals surface area contributed by atoms with E-state index in [0.29, 0.717) is 17.9 Å². The minimum absolute atomic E-state index is 0.371. The minimum Gasteiger partial charge on any atom is -0.381 e. The summed E-state index contributed by atoms with van der Waals surface area (Å²) in [7, 11) is 0. The molecule has 0 saturated heterocycles. The number of aromatic nitrogens is 4. The second-order valence-electron chi connectivity index (χ2n) is 5.55. The zero-order chi connectivity index (χ0) is 17.2. The number of hydrogen-bond acceptors (Lipinski definition) is 4.